The summed E-state index contributed by atoms with van der Waals surface area (Å²) >= 11 is 3.55. The van der Waals surface area contributed by atoms with E-state index in [2.05, 4.69) is 26.9 Å². The minimum atomic E-state index is -0.664. The van der Waals surface area contributed by atoms with Gasteiger partial charge in [-0.2, -0.15) is 0 Å². The molecule has 1 fully saturated rings. The summed E-state index contributed by atoms with van der Waals surface area (Å²) in [6.07, 6.45) is 1.46. The van der Waals surface area contributed by atoms with Crippen LogP contribution in [-0.2, 0) is 11.3 Å². The van der Waals surface area contributed by atoms with Crippen molar-refractivity contribution in [3.8, 4) is 0 Å². The minimum absolute atomic E-state index is 0.537. The van der Waals surface area contributed by atoms with Crippen molar-refractivity contribution in [1.82, 2.24) is 4.90 Å². The molecule has 1 aliphatic heterocycles. The summed E-state index contributed by atoms with van der Waals surface area (Å²) in [6.45, 7) is 4.44. The van der Waals surface area contributed by atoms with Gasteiger partial charge in [0.2, 0.25) is 0 Å². The van der Waals surface area contributed by atoms with E-state index in [1.54, 1.807) is 0 Å². The van der Waals surface area contributed by atoms with Crippen molar-refractivity contribution in [3.63, 3.8) is 0 Å². The van der Waals surface area contributed by atoms with Crippen molar-refractivity contribution in [2.24, 2.45) is 5.41 Å². The zero-order valence-electron chi connectivity index (χ0n) is 10.5. The number of aliphatic carboxylic acids is 1. The Labute approximate surface area is 116 Å². The van der Waals surface area contributed by atoms with Gasteiger partial charge in [-0.15, -0.1) is 0 Å². The fourth-order valence-electron chi connectivity index (χ4n) is 2.29. The first-order chi connectivity index (χ1) is 8.51. The molecule has 98 valence electrons. The second kappa shape index (κ2) is 5.41. The van der Waals surface area contributed by atoms with Crippen molar-refractivity contribution in [2.75, 3.05) is 13.1 Å². The molecule has 3 nitrogen and oxygen atoms in total. The summed E-state index contributed by atoms with van der Waals surface area (Å²) < 4.78 is 1.12. The number of likely N-dealkylation sites (tertiary alicyclic amines) is 1. The molecule has 0 amide bonds. The highest BCUT2D eigenvalue weighted by Crippen LogP contribution is 2.32. The molecule has 1 N–H and O–H groups in total. The topological polar surface area (TPSA) is 40.5 Å². The molecule has 1 heterocycles. The Morgan fingerprint density at radius 2 is 2.00 bits per heavy atom. The second-order valence-electron chi connectivity index (χ2n) is 5.23. The van der Waals surface area contributed by atoms with Gasteiger partial charge in [0.15, 0.2) is 0 Å². The van der Waals surface area contributed by atoms with Crippen LogP contribution >= 0.6 is 15.9 Å². The molecule has 1 aromatic carbocycles. The number of hydrogen-bond acceptors (Lipinski definition) is 2. The SMILES string of the molecule is CC1(C(=O)O)CCN(Cc2ccccc2Br)CC1. The third-order valence-corrected chi connectivity index (χ3v) is 4.60. The molecular weight excluding hydrogens is 294 g/mol. The van der Waals surface area contributed by atoms with Crippen LogP contribution in [0.1, 0.15) is 25.3 Å². The van der Waals surface area contributed by atoms with Gasteiger partial charge in [0.05, 0.1) is 5.41 Å². The summed E-state index contributed by atoms with van der Waals surface area (Å²) in [6, 6.07) is 8.19. The summed E-state index contributed by atoms with van der Waals surface area (Å²) in [5.74, 6) is -0.664. The fourth-order valence-corrected chi connectivity index (χ4v) is 2.70. The van der Waals surface area contributed by atoms with Gasteiger partial charge in [0.25, 0.3) is 0 Å². The van der Waals surface area contributed by atoms with Gasteiger partial charge >= 0.3 is 5.97 Å². The van der Waals surface area contributed by atoms with Gasteiger partial charge in [0.1, 0.15) is 0 Å². The quantitative estimate of drug-likeness (QED) is 0.932. The lowest BCUT2D eigenvalue weighted by Crippen LogP contribution is -2.42. The number of rotatable bonds is 3. The number of halogens is 1. The molecule has 0 aromatic heterocycles. The van der Waals surface area contributed by atoms with Crippen LogP contribution in [-0.4, -0.2) is 29.1 Å². The predicted octanol–water partition coefficient (Wildman–Crippen LogP) is 3.14. The Morgan fingerprint density at radius 3 is 2.56 bits per heavy atom. The molecule has 2 rings (SSSR count). The van der Waals surface area contributed by atoms with Gasteiger partial charge in [0, 0.05) is 11.0 Å². The number of benzene rings is 1. The van der Waals surface area contributed by atoms with Crippen LogP contribution in [0.4, 0.5) is 0 Å². The normalized spacial score (nSPS) is 19.7. The molecule has 1 aromatic rings. The Morgan fingerprint density at radius 1 is 1.39 bits per heavy atom. The first-order valence-electron chi connectivity index (χ1n) is 6.20. The van der Waals surface area contributed by atoms with Gasteiger partial charge < -0.3 is 5.11 Å². The van der Waals surface area contributed by atoms with Gasteiger partial charge in [-0.25, -0.2) is 0 Å². The molecule has 1 saturated heterocycles. The van der Waals surface area contributed by atoms with E-state index in [4.69, 9.17) is 0 Å². The van der Waals surface area contributed by atoms with Crippen LogP contribution in [0.25, 0.3) is 0 Å². The monoisotopic (exact) mass is 311 g/mol. The van der Waals surface area contributed by atoms with E-state index in [1.165, 1.54) is 5.56 Å². The van der Waals surface area contributed by atoms with Crippen molar-refractivity contribution in [2.45, 2.75) is 26.3 Å². The lowest BCUT2D eigenvalue weighted by atomic mass is 9.80. The van der Waals surface area contributed by atoms with Crippen LogP contribution in [0.3, 0.4) is 0 Å². The molecule has 18 heavy (non-hydrogen) atoms. The first kappa shape index (κ1) is 13.6. The maximum absolute atomic E-state index is 11.2. The number of nitrogens with zero attached hydrogens (tertiary/aromatic N) is 1. The zero-order chi connectivity index (χ0) is 13.2. The Kier molecular flexibility index (Phi) is 4.07. The number of carbonyl (C=O) groups is 1. The molecule has 0 spiro atoms. The average molecular weight is 312 g/mol. The Bertz CT molecular complexity index is 439. The highest BCUT2D eigenvalue weighted by molar-refractivity contribution is 9.10. The van der Waals surface area contributed by atoms with Gasteiger partial charge in [-0.1, -0.05) is 34.1 Å². The maximum Gasteiger partial charge on any atom is 0.309 e. The molecule has 1 aliphatic rings. The highest BCUT2D eigenvalue weighted by atomic mass is 79.9. The summed E-state index contributed by atoms with van der Waals surface area (Å²) in [5.41, 5.74) is 0.723. The lowest BCUT2D eigenvalue weighted by Gasteiger charge is -2.36. The third kappa shape index (κ3) is 2.93. The van der Waals surface area contributed by atoms with Crippen LogP contribution in [0.15, 0.2) is 28.7 Å². The smallest absolute Gasteiger partial charge is 0.309 e. The van der Waals surface area contributed by atoms with E-state index < -0.39 is 11.4 Å². The van der Waals surface area contributed by atoms with E-state index in [0.29, 0.717) is 0 Å². The Balaban J connectivity index is 1.95. The van der Waals surface area contributed by atoms with E-state index in [-0.39, 0.29) is 0 Å². The van der Waals surface area contributed by atoms with Crippen LogP contribution in [0.2, 0.25) is 0 Å². The average Bonchev–Trinajstić information content (AvgIpc) is 2.35. The molecule has 0 bridgehead atoms. The van der Waals surface area contributed by atoms with E-state index in [0.717, 1.165) is 36.9 Å². The van der Waals surface area contributed by atoms with Crippen molar-refractivity contribution >= 4 is 21.9 Å². The van der Waals surface area contributed by atoms with Crippen LogP contribution < -0.4 is 0 Å². The predicted molar refractivity (Wildman–Crippen MR) is 74.4 cm³/mol. The summed E-state index contributed by atoms with van der Waals surface area (Å²) in [5, 5.41) is 9.19. The summed E-state index contributed by atoms with van der Waals surface area (Å²) in [4.78, 5) is 13.5. The van der Waals surface area contributed by atoms with Crippen molar-refractivity contribution in [1.29, 1.82) is 0 Å². The zero-order valence-corrected chi connectivity index (χ0v) is 12.1. The summed E-state index contributed by atoms with van der Waals surface area (Å²) in [7, 11) is 0. The van der Waals surface area contributed by atoms with Crippen molar-refractivity contribution in [3.05, 3.63) is 34.3 Å². The Hall–Kier alpha value is -0.870. The van der Waals surface area contributed by atoms with Gasteiger partial charge in [-0.05, 0) is 44.5 Å². The van der Waals surface area contributed by atoms with Crippen LogP contribution in [0, 0.1) is 5.41 Å². The molecule has 0 unspecified atom stereocenters. The third-order valence-electron chi connectivity index (χ3n) is 3.83. The molecular formula is C14H18BrNO2. The minimum Gasteiger partial charge on any atom is -0.481 e. The second-order valence-corrected chi connectivity index (χ2v) is 6.09. The van der Waals surface area contributed by atoms with E-state index in [1.807, 2.05) is 25.1 Å². The molecule has 0 radical (unpaired) electrons. The van der Waals surface area contributed by atoms with E-state index >= 15 is 0 Å². The van der Waals surface area contributed by atoms with Crippen molar-refractivity contribution < 1.29 is 9.90 Å². The fraction of sp³-hybridized carbons (Fsp3) is 0.500. The molecule has 0 saturated carbocycles. The number of piperidine rings is 1. The standard InChI is InChI=1S/C14H18BrNO2/c1-14(13(17)18)6-8-16(9-7-14)10-11-4-2-3-5-12(11)15/h2-5H,6-10H2,1H3,(H,17,18). The number of carboxylic acid groups (broad SMARTS) is 1. The number of carboxylic acids is 1. The maximum atomic E-state index is 11.2. The van der Waals surface area contributed by atoms with E-state index in [9.17, 15) is 9.90 Å². The number of hydrogen-bond donors (Lipinski definition) is 1. The lowest BCUT2D eigenvalue weighted by molar-refractivity contribution is -0.150. The first-order valence-corrected chi connectivity index (χ1v) is 7.00. The molecule has 0 aliphatic carbocycles. The van der Waals surface area contributed by atoms with Crippen LogP contribution in [0.5, 0.6) is 0 Å². The largest absolute Gasteiger partial charge is 0.481 e. The highest BCUT2D eigenvalue weighted by Gasteiger charge is 2.36. The van der Waals surface area contributed by atoms with Gasteiger partial charge in [-0.3, -0.25) is 9.69 Å². The molecule has 4 heteroatoms. The molecule has 0 atom stereocenters.